The zero-order valence-electron chi connectivity index (χ0n) is 12.8. The van der Waals surface area contributed by atoms with Gasteiger partial charge in [-0.3, -0.25) is 0 Å². The van der Waals surface area contributed by atoms with Crippen molar-refractivity contribution in [1.82, 2.24) is 0 Å². The molecule has 4 nitrogen and oxygen atoms in total. The maximum atomic E-state index is 10.9. The Morgan fingerprint density at radius 2 is 1.77 bits per heavy atom. The smallest absolute Gasteiger partial charge is 0.328 e. The second-order valence-electron chi connectivity index (χ2n) is 4.79. The van der Waals surface area contributed by atoms with Crippen molar-refractivity contribution >= 4 is 11.5 Å². The Hall–Kier alpha value is -2.75. The van der Waals surface area contributed by atoms with Crippen LogP contribution in [0.1, 0.15) is 12.5 Å². The van der Waals surface area contributed by atoms with Gasteiger partial charge in [0.25, 0.3) is 0 Å². The minimum atomic E-state index is -0.978. The lowest BCUT2D eigenvalue weighted by Gasteiger charge is -2.15. The minimum absolute atomic E-state index is 0.567. The van der Waals surface area contributed by atoms with E-state index in [1.807, 2.05) is 36.4 Å². The number of allylic oxidation sites excluding steroid dienone is 1. The van der Waals surface area contributed by atoms with E-state index in [0.29, 0.717) is 17.1 Å². The van der Waals surface area contributed by atoms with E-state index in [0.717, 1.165) is 16.7 Å². The molecule has 2 aromatic rings. The number of methoxy groups -OCH3 is 2. The first-order valence-corrected chi connectivity index (χ1v) is 6.80. The lowest BCUT2D eigenvalue weighted by Crippen LogP contribution is -1.97. The average molecular weight is 298 g/mol. The van der Waals surface area contributed by atoms with Gasteiger partial charge < -0.3 is 14.6 Å². The second kappa shape index (κ2) is 6.80. The summed E-state index contributed by atoms with van der Waals surface area (Å²) in [6, 6.07) is 13.4. The molecule has 0 bridgehead atoms. The van der Waals surface area contributed by atoms with Gasteiger partial charge in [0.05, 0.1) is 14.2 Å². The third-order valence-corrected chi connectivity index (χ3v) is 3.36. The highest BCUT2D eigenvalue weighted by Gasteiger charge is 2.15. The van der Waals surface area contributed by atoms with Gasteiger partial charge in [0, 0.05) is 11.6 Å². The Labute approximate surface area is 129 Å². The number of aliphatic carboxylic acids is 1. The van der Waals surface area contributed by atoms with Gasteiger partial charge in [-0.25, -0.2) is 4.79 Å². The van der Waals surface area contributed by atoms with Crippen LogP contribution >= 0.6 is 0 Å². The molecule has 1 N–H and O–H groups in total. The van der Waals surface area contributed by atoms with E-state index in [4.69, 9.17) is 14.6 Å². The van der Waals surface area contributed by atoms with Gasteiger partial charge in [-0.1, -0.05) is 30.3 Å². The van der Waals surface area contributed by atoms with Crippen LogP contribution in [0.3, 0.4) is 0 Å². The van der Waals surface area contributed by atoms with Crippen LogP contribution < -0.4 is 9.47 Å². The van der Waals surface area contributed by atoms with E-state index in [-0.39, 0.29) is 0 Å². The third kappa shape index (κ3) is 3.28. The van der Waals surface area contributed by atoms with Crippen LogP contribution in [-0.2, 0) is 4.79 Å². The molecule has 114 valence electrons. The summed E-state index contributed by atoms with van der Waals surface area (Å²) in [6.07, 6.45) is 1.18. The second-order valence-corrected chi connectivity index (χ2v) is 4.79. The SMILES string of the molecule is COc1cc(/C(C)=C/C(=O)O)cc(-c2ccccc2)c1OC. The molecular weight excluding hydrogens is 280 g/mol. The van der Waals surface area contributed by atoms with E-state index in [1.54, 1.807) is 27.2 Å². The summed E-state index contributed by atoms with van der Waals surface area (Å²) in [4.78, 5) is 10.9. The molecule has 0 aliphatic rings. The fourth-order valence-electron chi connectivity index (χ4n) is 2.29. The quantitative estimate of drug-likeness (QED) is 0.852. The summed E-state index contributed by atoms with van der Waals surface area (Å²) in [5.41, 5.74) is 3.25. The van der Waals surface area contributed by atoms with Crippen LogP contribution in [0.2, 0.25) is 0 Å². The van der Waals surface area contributed by atoms with Crippen LogP contribution in [0, 0.1) is 0 Å². The highest BCUT2D eigenvalue weighted by molar-refractivity contribution is 5.91. The standard InChI is InChI=1S/C18H18O4/c1-12(9-17(19)20)14-10-15(13-7-5-4-6-8-13)18(22-3)16(11-14)21-2/h4-11H,1-3H3,(H,19,20)/b12-9+. The van der Waals surface area contributed by atoms with Gasteiger partial charge in [0.1, 0.15) is 0 Å². The molecule has 0 radical (unpaired) electrons. The Morgan fingerprint density at radius 3 is 2.32 bits per heavy atom. The van der Waals surface area contributed by atoms with Crippen LogP contribution in [0.5, 0.6) is 11.5 Å². The monoisotopic (exact) mass is 298 g/mol. The minimum Gasteiger partial charge on any atom is -0.493 e. The van der Waals surface area contributed by atoms with Crippen molar-refractivity contribution < 1.29 is 19.4 Å². The molecular formula is C18H18O4. The molecule has 0 fully saturated rings. The predicted octanol–water partition coefficient (Wildman–Crippen LogP) is 3.86. The molecule has 0 saturated heterocycles. The van der Waals surface area contributed by atoms with Crippen molar-refractivity contribution in [3.63, 3.8) is 0 Å². The number of hydrogen-bond donors (Lipinski definition) is 1. The van der Waals surface area contributed by atoms with Gasteiger partial charge in [-0.15, -0.1) is 0 Å². The van der Waals surface area contributed by atoms with Crippen molar-refractivity contribution in [3.8, 4) is 22.6 Å². The third-order valence-electron chi connectivity index (χ3n) is 3.36. The first kappa shape index (κ1) is 15.6. The van der Waals surface area contributed by atoms with Crippen molar-refractivity contribution in [1.29, 1.82) is 0 Å². The fourth-order valence-corrected chi connectivity index (χ4v) is 2.29. The van der Waals surface area contributed by atoms with Crippen LogP contribution in [0.4, 0.5) is 0 Å². The Bertz CT molecular complexity index is 703. The zero-order chi connectivity index (χ0) is 16.1. The Balaban J connectivity index is 2.68. The summed E-state index contributed by atoms with van der Waals surface area (Å²) in [5.74, 6) is 0.214. The molecule has 2 rings (SSSR count). The Morgan fingerprint density at radius 1 is 1.09 bits per heavy atom. The molecule has 4 heteroatoms. The molecule has 0 saturated carbocycles. The topological polar surface area (TPSA) is 55.8 Å². The summed E-state index contributed by atoms with van der Waals surface area (Å²) in [6.45, 7) is 1.75. The summed E-state index contributed by atoms with van der Waals surface area (Å²) in [7, 11) is 3.15. The fraction of sp³-hybridized carbons (Fsp3) is 0.167. The van der Waals surface area contributed by atoms with Gasteiger partial charge >= 0.3 is 5.97 Å². The number of rotatable bonds is 5. The molecule has 0 aliphatic heterocycles. The van der Waals surface area contributed by atoms with E-state index in [1.165, 1.54) is 6.08 Å². The molecule has 0 aromatic heterocycles. The van der Waals surface area contributed by atoms with Gasteiger partial charge in [0.15, 0.2) is 11.5 Å². The van der Waals surface area contributed by atoms with Crippen molar-refractivity contribution in [3.05, 3.63) is 54.1 Å². The summed E-state index contributed by atoms with van der Waals surface area (Å²) < 4.78 is 10.9. The number of carboxylic acids is 1. The lowest BCUT2D eigenvalue weighted by atomic mass is 9.97. The molecule has 2 aromatic carbocycles. The maximum Gasteiger partial charge on any atom is 0.328 e. The molecule has 0 amide bonds. The summed E-state index contributed by atoms with van der Waals surface area (Å²) >= 11 is 0. The lowest BCUT2D eigenvalue weighted by molar-refractivity contribution is -0.131. The molecule has 0 spiro atoms. The van der Waals surface area contributed by atoms with Crippen LogP contribution in [0.15, 0.2) is 48.5 Å². The van der Waals surface area contributed by atoms with Crippen LogP contribution in [0.25, 0.3) is 16.7 Å². The normalized spacial score (nSPS) is 11.1. The van der Waals surface area contributed by atoms with E-state index < -0.39 is 5.97 Å². The molecule has 0 unspecified atom stereocenters. The molecule has 0 heterocycles. The van der Waals surface area contributed by atoms with Crippen molar-refractivity contribution in [2.45, 2.75) is 6.92 Å². The number of ether oxygens (including phenoxy) is 2. The highest BCUT2D eigenvalue weighted by atomic mass is 16.5. The molecule has 0 atom stereocenters. The first-order valence-electron chi connectivity index (χ1n) is 6.80. The number of carboxylic acid groups (broad SMARTS) is 1. The Kier molecular flexibility index (Phi) is 4.84. The largest absolute Gasteiger partial charge is 0.493 e. The highest BCUT2D eigenvalue weighted by Crippen LogP contribution is 2.40. The maximum absolute atomic E-state index is 10.9. The van der Waals surface area contributed by atoms with Gasteiger partial charge in [-0.05, 0) is 35.8 Å². The first-order chi connectivity index (χ1) is 10.6. The number of carbonyl (C=O) groups is 1. The van der Waals surface area contributed by atoms with Crippen LogP contribution in [-0.4, -0.2) is 25.3 Å². The molecule has 0 aliphatic carbocycles. The number of hydrogen-bond acceptors (Lipinski definition) is 3. The van der Waals surface area contributed by atoms with E-state index in [9.17, 15) is 4.79 Å². The molecule has 22 heavy (non-hydrogen) atoms. The van der Waals surface area contributed by atoms with Crippen molar-refractivity contribution in [2.24, 2.45) is 0 Å². The van der Waals surface area contributed by atoms with E-state index in [2.05, 4.69) is 0 Å². The number of benzene rings is 2. The zero-order valence-corrected chi connectivity index (χ0v) is 12.8. The summed E-state index contributed by atoms with van der Waals surface area (Å²) in [5, 5.41) is 8.93. The van der Waals surface area contributed by atoms with Crippen molar-refractivity contribution in [2.75, 3.05) is 14.2 Å². The predicted molar refractivity (Wildman–Crippen MR) is 86.3 cm³/mol. The van der Waals surface area contributed by atoms with E-state index >= 15 is 0 Å². The van der Waals surface area contributed by atoms with Gasteiger partial charge in [0.2, 0.25) is 0 Å². The average Bonchev–Trinajstić information content (AvgIpc) is 2.53. The van der Waals surface area contributed by atoms with Gasteiger partial charge in [-0.2, -0.15) is 0 Å².